The van der Waals surface area contributed by atoms with Crippen molar-refractivity contribution in [2.45, 2.75) is 51.1 Å². The fourth-order valence-electron chi connectivity index (χ4n) is 5.61. The molecule has 3 atom stereocenters. The van der Waals surface area contributed by atoms with Crippen molar-refractivity contribution >= 4 is 46.0 Å². The third kappa shape index (κ3) is 4.19. The van der Waals surface area contributed by atoms with Gasteiger partial charge in [0.25, 0.3) is 5.91 Å². The average molecular weight is 533 g/mol. The van der Waals surface area contributed by atoms with E-state index in [1.165, 1.54) is 9.80 Å². The molecule has 10 heteroatoms. The Labute approximate surface area is 225 Å². The number of aromatic amines is 1. The van der Waals surface area contributed by atoms with E-state index in [2.05, 4.69) is 21.4 Å². The van der Waals surface area contributed by atoms with Gasteiger partial charge < -0.3 is 20.1 Å². The van der Waals surface area contributed by atoms with E-state index < -0.39 is 17.5 Å². The SMILES string of the molecule is Cc1ccc2cc(C(=O)N(C)C(CC(C)C)C(=O)N3C[C@]4(C[C@H]3C#N)C(=O)Nc3ccc(Cl)cc34)[nH]c2n1. The minimum atomic E-state index is -1.07. The topological polar surface area (TPSA) is 122 Å². The molecular weight excluding hydrogens is 504 g/mol. The molecule has 1 fully saturated rings. The molecule has 0 aliphatic carbocycles. The van der Waals surface area contributed by atoms with Crippen molar-refractivity contribution in [3.8, 4) is 6.07 Å². The number of rotatable bonds is 5. The largest absolute Gasteiger partial charge is 0.335 e. The highest BCUT2D eigenvalue weighted by atomic mass is 35.5. The van der Waals surface area contributed by atoms with E-state index >= 15 is 0 Å². The van der Waals surface area contributed by atoms with Gasteiger partial charge in [-0.3, -0.25) is 14.4 Å². The second kappa shape index (κ2) is 9.44. The number of carbonyl (C=O) groups is 3. The molecular formula is C28H29ClN6O3. The van der Waals surface area contributed by atoms with Crippen molar-refractivity contribution in [1.82, 2.24) is 19.8 Å². The number of anilines is 1. The quantitative estimate of drug-likeness (QED) is 0.513. The number of nitriles is 1. The maximum Gasteiger partial charge on any atom is 0.270 e. The van der Waals surface area contributed by atoms with Gasteiger partial charge in [0, 0.05) is 41.8 Å². The van der Waals surface area contributed by atoms with E-state index in [1.54, 1.807) is 31.3 Å². The monoisotopic (exact) mass is 532 g/mol. The third-order valence-corrected chi connectivity index (χ3v) is 7.82. The van der Waals surface area contributed by atoms with E-state index in [4.69, 9.17) is 11.6 Å². The van der Waals surface area contributed by atoms with Gasteiger partial charge in [0.2, 0.25) is 11.8 Å². The summed E-state index contributed by atoms with van der Waals surface area (Å²) in [5, 5.41) is 14.2. The Hall–Kier alpha value is -3.90. The van der Waals surface area contributed by atoms with Crippen molar-refractivity contribution in [3.05, 3.63) is 58.4 Å². The molecule has 3 aromatic rings. The smallest absolute Gasteiger partial charge is 0.270 e. The number of aromatic nitrogens is 2. The minimum absolute atomic E-state index is 0.0371. The number of carbonyl (C=O) groups excluding carboxylic acids is 3. The van der Waals surface area contributed by atoms with Crippen molar-refractivity contribution in [2.24, 2.45) is 5.92 Å². The number of nitrogens with zero attached hydrogens (tertiary/aromatic N) is 4. The maximum atomic E-state index is 14.1. The number of aryl methyl sites for hydroxylation is 1. The normalized spacial score (nSPS) is 21.0. The highest BCUT2D eigenvalue weighted by molar-refractivity contribution is 6.31. The Morgan fingerprint density at radius 3 is 2.76 bits per heavy atom. The van der Waals surface area contributed by atoms with Crippen molar-refractivity contribution in [2.75, 3.05) is 18.9 Å². The number of pyridine rings is 1. The second-order valence-corrected chi connectivity index (χ2v) is 11.1. The molecule has 2 aromatic heterocycles. The first kappa shape index (κ1) is 25.7. The van der Waals surface area contributed by atoms with Crippen LogP contribution in [0.3, 0.4) is 0 Å². The van der Waals surface area contributed by atoms with Crippen molar-refractivity contribution < 1.29 is 14.4 Å². The van der Waals surface area contributed by atoms with E-state index in [9.17, 15) is 19.6 Å². The fourth-order valence-corrected chi connectivity index (χ4v) is 5.78. The molecule has 196 valence electrons. The number of benzene rings is 1. The van der Waals surface area contributed by atoms with E-state index in [1.807, 2.05) is 32.9 Å². The lowest BCUT2D eigenvalue weighted by Gasteiger charge is -2.33. The van der Waals surface area contributed by atoms with Gasteiger partial charge >= 0.3 is 0 Å². The van der Waals surface area contributed by atoms with E-state index in [0.717, 1.165) is 11.1 Å². The van der Waals surface area contributed by atoms with Crippen LogP contribution in [-0.4, -0.2) is 63.2 Å². The van der Waals surface area contributed by atoms with Crippen LogP contribution in [-0.2, 0) is 15.0 Å². The number of H-pyrrole nitrogens is 1. The number of halogens is 1. The summed E-state index contributed by atoms with van der Waals surface area (Å²) >= 11 is 6.25. The summed E-state index contributed by atoms with van der Waals surface area (Å²) in [6.07, 6.45) is 0.558. The fraction of sp³-hybridized carbons (Fsp3) is 0.393. The number of likely N-dealkylation sites (N-methyl/N-ethyl adjacent to an activating group) is 1. The number of hydrogen-bond donors (Lipinski definition) is 2. The maximum absolute atomic E-state index is 14.1. The van der Waals surface area contributed by atoms with Crippen molar-refractivity contribution in [3.63, 3.8) is 0 Å². The van der Waals surface area contributed by atoms with Crippen LogP contribution in [0.2, 0.25) is 5.02 Å². The first-order valence-electron chi connectivity index (χ1n) is 12.6. The van der Waals surface area contributed by atoms with Crippen LogP contribution in [0, 0.1) is 24.2 Å². The summed E-state index contributed by atoms with van der Waals surface area (Å²) in [6, 6.07) is 11.2. The number of fused-ring (bicyclic) bond motifs is 3. The third-order valence-electron chi connectivity index (χ3n) is 7.59. The number of nitrogens with one attached hydrogen (secondary N) is 2. The highest BCUT2D eigenvalue weighted by Gasteiger charge is 2.56. The first-order valence-corrected chi connectivity index (χ1v) is 13.0. The van der Waals surface area contributed by atoms with Gasteiger partial charge in [-0.05, 0) is 61.2 Å². The molecule has 1 spiro atoms. The number of amides is 3. The molecule has 1 aromatic carbocycles. The van der Waals surface area contributed by atoms with Gasteiger partial charge in [-0.15, -0.1) is 0 Å². The van der Waals surface area contributed by atoms with Crippen LogP contribution in [0.15, 0.2) is 36.4 Å². The summed E-state index contributed by atoms with van der Waals surface area (Å²) in [5.41, 5.74) is 2.01. The number of hydrogen-bond acceptors (Lipinski definition) is 5. The standard InChI is InChI=1S/C28H29ClN6O3/c1-15(2)9-23(34(4)25(36)22-10-17-6-5-16(3)31-24(17)32-22)26(37)35-14-28(12-19(35)13-30)20-11-18(29)7-8-21(20)33-27(28)38/h5-8,10-11,15,19,23H,9,12,14H2,1-4H3,(H,31,32)(H,33,38)/t19-,23?,28-/m0/s1. The molecule has 2 aliphatic rings. The average Bonchev–Trinajstić information content (AvgIpc) is 3.55. The zero-order chi connectivity index (χ0) is 27.4. The van der Waals surface area contributed by atoms with Crippen LogP contribution < -0.4 is 5.32 Å². The molecule has 4 heterocycles. The van der Waals surface area contributed by atoms with Crippen molar-refractivity contribution in [1.29, 1.82) is 5.26 Å². The Morgan fingerprint density at radius 1 is 1.29 bits per heavy atom. The lowest BCUT2D eigenvalue weighted by Crippen LogP contribution is -2.52. The van der Waals surface area contributed by atoms with Crippen LogP contribution in [0.25, 0.3) is 11.0 Å². The first-order chi connectivity index (χ1) is 18.0. The molecule has 3 amide bonds. The molecule has 2 aliphatic heterocycles. The summed E-state index contributed by atoms with van der Waals surface area (Å²) in [7, 11) is 1.60. The Balaban J connectivity index is 1.46. The van der Waals surface area contributed by atoms with E-state index in [-0.39, 0.29) is 36.6 Å². The lowest BCUT2D eigenvalue weighted by molar-refractivity contribution is -0.136. The minimum Gasteiger partial charge on any atom is -0.335 e. The predicted molar refractivity (Wildman–Crippen MR) is 144 cm³/mol. The van der Waals surface area contributed by atoms with Gasteiger partial charge in [-0.25, -0.2) is 4.98 Å². The summed E-state index contributed by atoms with van der Waals surface area (Å²) in [6.45, 7) is 5.86. The summed E-state index contributed by atoms with van der Waals surface area (Å²) < 4.78 is 0. The van der Waals surface area contributed by atoms with Gasteiger partial charge in [0.15, 0.2) is 0 Å². The van der Waals surface area contributed by atoms with Gasteiger partial charge in [0.1, 0.15) is 23.4 Å². The van der Waals surface area contributed by atoms with Crippen LogP contribution in [0.1, 0.15) is 48.4 Å². The highest BCUT2D eigenvalue weighted by Crippen LogP contribution is 2.47. The summed E-state index contributed by atoms with van der Waals surface area (Å²) in [5.74, 6) is -0.863. The Kier molecular flexibility index (Phi) is 6.40. The van der Waals surface area contributed by atoms with E-state index in [0.29, 0.717) is 34.0 Å². The molecule has 1 saturated heterocycles. The van der Waals surface area contributed by atoms with Gasteiger partial charge in [0.05, 0.1) is 11.5 Å². The van der Waals surface area contributed by atoms with Crippen LogP contribution >= 0.6 is 11.6 Å². The Bertz CT molecular complexity index is 1510. The molecule has 5 rings (SSSR count). The molecule has 0 saturated carbocycles. The molecule has 0 bridgehead atoms. The second-order valence-electron chi connectivity index (χ2n) is 10.7. The predicted octanol–water partition coefficient (Wildman–Crippen LogP) is 4.03. The lowest BCUT2D eigenvalue weighted by atomic mass is 9.80. The molecule has 38 heavy (non-hydrogen) atoms. The molecule has 2 N–H and O–H groups in total. The van der Waals surface area contributed by atoms with Gasteiger partial charge in [-0.2, -0.15) is 5.26 Å². The number of likely N-dealkylation sites (tertiary alicyclic amines) is 1. The molecule has 9 nitrogen and oxygen atoms in total. The van der Waals surface area contributed by atoms with Crippen LogP contribution in [0.5, 0.6) is 0 Å². The zero-order valence-corrected chi connectivity index (χ0v) is 22.5. The van der Waals surface area contributed by atoms with Gasteiger partial charge in [-0.1, -0.05) is 25.4 Å². The molecule has 1 unspecified atom stereocenters. The molecule has 0 radical (unpaired) electrons. The summed E-state index contributed by atoms with van der Waals surface area (Å²) in [4.78, 5) is 51.2. The van der Waals surface area contributed by atoms with Crippen LogP contribution in [0.4, 0.5) is 5.69 Å². The zero-order valence-electron chi connectivity index (χ0n) is 21.7. The Morgan fingerprint density at radius 2 is 2.05 bits per heavy atom.